The second-order valence-corrected chi connectivity index (χ2v) is 10.1. The molecule has 1 aliphatic rings. The molecule has 2 atom stereocenters. The number of ketones is 1. The minimum absolute atomic E-state index is 0.0402. The lowest BCUT2D eigenvalue weighted by Gasteiger charge is -2.37. The smallest absolute Gasteiger partial charge is 0.187 e. The van der Waals surface area contributed by atoms with Crippen molar-refractivity contribution < 1.29 is 9.21 Å². The predicted molar refractivity (Wildman–Crippen MR) is 139 cm³/mol. The van der Waals surface area contributed by atoms with Gasteiger partial charge in [-0.1, -0.05) is 84.9 Å². The largest absolute Gasteiger partial charge is 0.467 e. The van der Waals surface area contributed by atoms with Crippen LogP contribution >= 0.6 is 11.8 Å². The molecule has 0 radical (unpaired) electrons. The number of benzene rings is 3. The molecule has 0 spiro atoms. The molecule has 2 unspecified atom stereocenters. The van der Waals surface area contributed by atoms with Crippen molar-refractivity contribution in [3.05, 3.63) is 138 Å². The number of hydrogen-bond donors (Lipinski definition) is 0. The molecule has 1 aliphatic carbocycles. The molecule has 170 valence electrons. The van der Waals surface area contributed by atoms with E-state index in [2.05, 4.69) is 30.8 Å². The van der Waals surface area contributed by atoms with Gasteiger partial charge in [0.25, 0.3) is 0 Å². The van der Waals surface area contributed by atoms with E-state index in [9.17, 15) is 4.79 Å². The van der Waals surface area contributed by atoms with Gasteiger partial charge >= 0.3 is 0 Å². The summed E-state index contributed by atoms with van der Waals surface area (Å²) in [7, 11) is 0. The van der Waals surface area contributed by atoms with Crippen molar-refractivity contribution in [2.75, 3.05) is 0 Å². The molecule has 0 amide bonds. The topological polar surface area (TPSA) is 30.2 Å². The van der Waals surface area contributed by atoms with Gasteiger partial charge in [0.15, 0.2) is 10.5 Å². The maximum atomic E-state index is 14.7. The van der Waals surface area contributed by atoms with Crippen LogP contribution in [-0.4, -0.2) is 5.78 Å². The summed E-state index contributed by atoms with van der Waals surface area (Å²) in [6.07, 6.45) is 7.99. The van der Waals surface area contributed by atoms with E-state index >= 15 is 0 Å². The van der Waals surface area contributed by atoms with Gasteiger partial charge in [-0.2, -0.15) is 0 Å². The van der Waals surface area contributed by atoms with Gasteiger partial charge in [0.1, 0.15) is 5.76 Å². The summed E-state index contributed by atoms with van der Waals surface area (Å²) in [6, 6.07) is 30.0. The predicted octanol–water partition coefficient (Wildman–Crippen LogP) is 8.00. The minimum Gasteiger partial charge on any atom is -0.467 e. The van der Waals surface area contributed by atoms with Gasteiger partial charge in [-0.05, 0) is 54.5 Å². The maximum Gasteiger partial charge on any atom is 0.187 e. The Bertz CT molecular complexity index is 1260. The summed E-state index contributed by atoms with van der Waals surface area (Å²) in [5.41, 5.74) is 4.15. The number of Topliss-reactive ketones (excluding diaryl/α,β-unsaturated/α-hetero) is 1. The Hall–Kier alpha value is -3.30. The quantitative estimate of drug-likeness (QED) is 0.150. The lowest BCUT2D eigenvalue weighted by atomic mass is 9.76. The van der Waals surface area contributed by atoms with E-state index in [1.807, 2.05) is 79.1 Å². The Kier molecular flexibility index (Phi) is 6.55. The highest BCUT2D eigenvalue weighted by Crippen LogP contribution is 2.55. The van der Waals surface area contributed by atoms with Crippen LogP contribution < -0.4 is 0 Å². The van der Waals surface area contributed by atoms with Crippen molar-refractivity contribution in [1.29, 1.82) is 0 Å². The lowest BCUT2D eigenvalue weighted by Crippen LogP contribution is -2.39. The molecule has 1 aromatic heterocycles. The molecule has 0 saturated heterocycles. The summed E-state index contributed by atoms with van der Waals surface area (Å²) in [4.78, 5) is 15.7. The normalized spacial score (nSPS) is 15.6. The van der Waals surface area contributed by atoms with Crippen LogP contribution in [0.1, 0.15) is 51.6 Å². The first-order valence-electron chi connectivity index (χ1n) is 11.8. The Morgan fingerprint density at radius 2 is 1.50 bits per heavy atom. The number of carbonyl (C=O) groups excluding carboxylic acids is 1. The lowest BCUT2D eigenvalue weighted by molar-refractivity contribution is 0.0919. The molecule has 5 rings (SSSR count). The summed E-state index contributed by atoms with van der Waals surface area (Å²) in [5.74, 6) is 0.529. The maximum absolute atomic E-state index is 14.7. The third kappa shape index (κ3) is 4.05. The molecule has 2 nitrogen and oxygen atoms in total. The van der Waals surface area contributed by atoms with Gasteiger partial charge in [0.05, 0.1) is 6.26 Å². The number of furan rings is 1. The van der Waals surface area contributed by atoms with E-state index in [1.54, 1.807) is 11.8 Å². The van der Waals surface area contributed by atoms with Crippen LogP contribution in [0.5, 0.6) is 0 Å². The van der Waals surface area contributed by atoms with Gasteiger partial charge in [0, 0.05) is 16.4 Å². The monoisotopic (exact) mass is 464 g/mol. The number of thioether (sulfide) groups is 1. The van der Waals surface area contributed by atoms with E-state index in [4.69, 9.17) is 4.42 Å². The van der Waals surface area contributed by atoms with E-state index in [-0.39, 0.29) is 11.7 Å². The molecule has 0 bridgehead atoms. The van der Waals surface area contributed by atoms with Crippen molar-refractivity contribution in [2.45, 2.75) is 41.2 Å². The summed E-state index contributed by atoms with van der Waals surface area (Å²) in [6.45, 7) is 4.24. The van der Waals surface area contributed by atoms with Gasteiger partial charge in [0.2, 0.25) is 0 Å². The van der Waals surface area contributed by atoms with Gasteiger partial charge < -0.3 is 4.42 Å². The molecule has 1 heterocycles. The Labute approximate surface area is 205 Å². The molecule has 34 heavy (non-hydrogen) atoms. The first kappa shape index (κ1) is 22.5. The Balaban J connectivity index is 1.81. The third-order valence-corrected chi connectivity index (χ3v) is 8.12. The highest BCUT2D eigenvalue weighted by Gasteiger charge is 2.52. The standard InChI is InChI=1S/C31H28O2S/c1-2-28(23-14-6-3-7-15-23)31(34-26-19-10-5-11-20-26,29(32)24-16-8-4-9-17-24)30-27-21-13-12-18-25(27)22-33-30/h2-11,14-17,19-20,22,28H,1,12-13,18,21H2. The zero-order valence-electron chi connectivity index (χ0n) is 19.2. The molecule has 4 aromatic rings. The zero-order valence-corrected chi connectivity index (χ0v) is 20.0. The molecule has 3 aromatic carbocycles. The fourth-order valence-electron chi connectivity index (χ4n) is 5.05. The molecular weight excluding hydrogens is 436 g/mol. The van der Waals surface area contributed by atoms with Gasteiger partial charge in [-0.25, -0.2) is 0 Å². The van der Waals surface area contributed by atoms with Crippen LogP contribution in [0.3, 0.4) is 0 Å². The number of rotatable bonds is 8. The van der Waals surface area contributed by atoms with E-state index in [0.717, 1.165) is 41.9 Å². The zero-order chi connectivity index (χ0) is 23.4. The Morgan fingerprint density at radius 3 is 2.18 bits per heavy atom. The number of aryl methyl sites for hydroxylation is 1. The molecule has 0 aliphatic heterocycles. The van der Waals surface area contributed by atoms with E-state index < -0.39 is 4.75 Å². The first-order chi connectivity index (χ1) is 16.7. The molecule has 3 heteroatoms. The third-order valence-electron chi connectivity index (χ3n) is 6.67. The van der Waals surface area contributed by atoms with E-state index in [0.29, 0.717) is 5.56 Å². The van der Waals surface area contributed by atoms with E-state index in [1.165, 1.54) is 11.1 Å². The molecule has 0 saturated carbocycles. The van der Waals surface area contributed by atoms with Gasteiger partial charge in [-0.3, -0.25) is 4.79 Å². The van der Waals surface area contributed by atoms with Crippen LogP contribution in [0.15, 0.2) is 119 Å². The highest BCUT2D eigenvalue weighted by atomic mass is 32.2. The average Bonchev–Trinajstić information content (AvgIpc) is 3.34. The van der Waals surface area contributed by atoms with Crippen molar-refractivity contribution in [3.8, 4) is 0 Å². The second-order valence-electron chi connectivity index (χ2n) is 8.75. The van der Waals surface area contributed by atoms with Crippen molar-refractivity contribution >= 4 is 17.5 Å². The SMILES string of the molecule is C=CC(c1ccccc1)C(Sc1ccccc1)(C(=O)c1ccccc1)c1occ2c1CCCC2. The Morgan fingerprint density at radius 1 is 0.882 bits per heavy atom. The highest BCUT2D eigenvalue weighted by molar-refractivity contribution is 8.01. The fourth-order valence-corrected chi connectivity index (χ4v) is 6.55. The van der Waals surface area contributed by atoms with Crippen LogP contribution in [-0.2, 0) is 17.6 Å². The molecule has 0 fully saturated rings. The van der Waals surface area contributed by atoms with Gasteiger partial charge in [-0.15, -0.1) is 18.3 Å². The van der Waals surface area contributed by atoms with Crippen LogP contribution in [0, 0.1) is 0 Å². The summed E-state index contributed by atoms with van der Waals surface area (Å²) >= 11 is 1.58. The van der Waals surface area contributed by atoms with Crippen molar-refractivity contribution in [1.82, 2.24) is 0 Å². The number of hydrogen-bond acceptors (Lipinski definition) is 3. The second kappa shape index (κ2) is 9.90. The number of allylic oxidation sites excluding steroid dienone is 1. The average molecular weight is 465 g/mol. The summed E-state index contributed by atoms with van der Waals surface area (Å²) in [5, 5.41) is 0. The molecule has 0 N–H and O–H groups in total. The number of fused-ring (bicyclic) bond motifs is 1. The van der Waals surface area contributed by atoms with Crippen LogP contribution in [0.4, 0.5) is 0 Å². The van der Waals surface area contributed by atoms with Crippen molar-refractivity contribution in [3.63, 3.8) is 0 Å². The minimum atomic E-state index is -1.03. The number of carbonyl (C=O) groups is 1. The fraction of sp³-hybridized carbons (Fsp3) is 0.194. The summed E-state index contributed by atoms with van der Waals surface area (Å²) < 4.78 is 5.38. The van der Waals surface area contributed by atoms with Crippen LogP contribution in [0.25, 0.3) is 0 Å². The van der Waals surface area contributed by atoms with Crippen molar-refractivity contribution in [2.24, 2.45) is 0 Å². The first-order valence-corrected chi connectivity index (χ1v) is 12.7. The van der Waals surface area contributed by atoms with Crippen LogP contribution in [0.2, 0.25) is 0 Å². The molecular formula is C31H28O2S.